The third kappa shape index (κ3) is 3.98. The molecule has 0 saturated heterocycles. The summed E-state index contributed by atoms with van der Waals surface area (Å²) in [4.78, 5) is 12.1. The first kappa shape index (κ1) is 15.7. The van der Waals surface area contributed by atoms with Gasteiger partial charge in [-0.05, 0) is 23.8 Å². The van der Waals surface area contributed by atoms with Gasteiger partial charge in [-0.25, -0.2) is 4.39 Å². The molecule has 0 saturated carbocycles. The molecule has 0 fully saturated rings. The quantitative estimate of drug-likeness (QED) is 0.751. The molecule has 0 heterocycles. The van der Waals surface area contributed by atoms with Crippen molar-refractivity contribution in [1.29, 1.82) is 0 Å². The lowest BCUT2D eigenvalue weighted by atomic mass is 10.0. The van der Waals surface area contributed by atoms with Crippen LogP contribution < -0.4 is 10.1 Å². The van der Waals surface area contributed by atoms with E-state index in [1.807, 2.05) is 54.6 Å². The zero-order valence-electron chi connectivity index (χ0n) is 12.9. The van der Waals surface area contributed by atoms with Crippen molar-refractivity contribution >= 4 is 11.6 Å². The second-order valence-electron chi connectivity index (χ2n) is 5.21. The molecule has 0 aliphatic heterocycles. The Bertz CT molecular complexity index is 834. The largest absolute Gasteiger partial charge is 0.484 e. The number of hydrogen-bond donors (Lipinski definition) is 1. The monoisotopic (exact) mass is 321 g/mol. The van der Waals surface area contributed by atoms with Crippen molar-refractivity contribution in [3.8, 4) is 16.9 Å². The summed E-state index contributed by atoms with van der Waals surface area (Å²) in [6.45, 7) is -0.188. The van der Waals surface area contributed by atoms with Crippen molar-refractivity contribution in [1.82, 2.24) is 0 Å². The number of hydrogen-bond acceptors (Lipinski definition) is 2. The lowest BCUT2D eigenvalue weighted by Crippen LogP contribution is -2.20. The molecule has 3 rings (SSSR count). The molecule has 3 aromatic carbocycles. The van der Waals surface area contributed by atoms with Crippen molar-refractivity contribution in [2.24, 2.45) is 0 Å². The van der Waals surface area contributed by atoms with Gasteiger partial charge in [0, 0.05) is 17.3 Å². The molecule has 0 aliphatic carbocycles. The molecule has 0 radical (unpaired) electrons. The molecule has 0 bridgehead atoms. The van der Waals surface area contributed by atoms with Gasteiger partial charge in [0.25, 0.3) is 5.91 Å². The average molecular weight is 321 g/mol. The van der Waals surface area contributed by atoms with Crippen LogP contribution in [0.1, 0.15) is 0 Å². The fraction of sp³-hybridized carbons (Fsp3) is 0.0500. The van der Waals surface area contributed by atoms with E-state index in [4.69, 9.17) is 4.74 Å². The van der Waals surface area contributed by atoms with Crippen LogP contribution in [0.4, 0.5) is 10.1 Å². The van der Waals surface area contributed by atoms with Crippen LogP contribution in [-0.4, -0.2) is 12.5 Å². The van der Waals surface area contributed by atoms with E-state index in [-0.39, 0.29) is 12.5 Å². The Balaban J connectivity index is 1.69. The normalized spacial score (nSPS) is 10.2. The van der Waals surface area contributed by atoms with E-state index in [1.165, 1.54) is 18.2 Å². The first-order valence-electron chi connectivity index (χ1n) is 7.55. The summed E-state index contributed by atoms with van der Waals surface area (Å²) < 4.78 is 18.4. The Kier molecular flexibility index (Phi) is 4.87. The van der Waals surface area contributed by atoms with E-state index < -0.39 is 5.82 Å². The number of amides is 1. The topological polar surface area (TPSA) is 38.3 Å². The fourth-order valence-corrected chi connectivity index (χ4v) is 2.35. The highest BCUT2D eigenvalue weighted by molar-refractivity contribution is 5.96. The predicted molar refractivity (Wildman–Crippen MR) is 92.4 cm³/mol. The second kappa shape index (κ2) is 7.42. The van der Waals surface area contributed by atoms with Gasteiger partial charge in [0.1, 0.15) is 11.6 Å². The van der Waals surface area contributed by atoms with E-state index >= 15 is 0 Å². The summed E-state index contributed by atoms with van der Waals surface area (Å²) in [5, 5.41) is 2.84. The summed E-state index contributed by atoms with van der Waals surface area (Å²) in [6, 6.07) is 23.1. The van der Waals surface area contributed by atoms with Gasteiger partial charge in [0.05, 0.1) is 0 Å². The number of ether oxygens (including phenoxy) is 1. The average Bonchev–Trinajstić information content (AvgIpc) is 2.61. The van der Waals surface area contributed by atoms with Gasteiger partial charge in [-0.2, -0.15) is 0 Å². The van der Waals surface area contributed by atoms with Crippen LogP contribution in [0, 0.1) is 5.82 Å². The van der Waals surface area contributed by atoms with E-state index in [1.54, 1.807) is 6.07 Å². The number of nitrogens with one attached hydrogen (secondary N) is 1. The number of anilines is 1. The maximum absolute atomic E-state index is 13.1. The van der Waals surface area contributed by atoms with E-state index in [0.29, 0.717) is 11.4 Å². The van der Waals surface area contributed by atoms with Gasteiger partial charge >= 0.3 is 0 Å². The third-order valence-electron chi connectivity index (χ3n) is 3.45. The molecule has 3 aromatic rings. The van der Waals surface area contributed by atoms with E-state index in [2.05, 4.69) is 5.32 Å². The van der Waals surface area contributed by atoms with Crippen LogP contribution in [-0.2, 0) is 4.79 Å². The Morgan fingerprint density at radius 2 is 1.67 bits per heavy atom. The molecule has 120 valence electrons. The Labute approximate surface area is 139 Å². The highest BCUT2D eigenvalue weighted by Crippen LogP contribution is 2.27. The molecule has 0 unspecified atom stereocenters. The number of benzene rings is 3. The Morgan fingerprint density at radius 1 is 0.917 bits per heavy atom. The number of rotatable bonds is 5. The van der Waals surface area contributed by atoms with Gasteiger partial charge in [-0.15, -0.1) is 0 Å². The van der Waals surface area contributed by atoms with Crippen LogP contribution in [0.15, 0.2) is 78.9 Å². The fourth-order valence-electron chi connectivity index (χ4n) is 2.35. The van der Waals surface area contributed by atoms with Crippen LogP contribution in [0.3, 0.4) is 0 Å². The zero-order chi connectivity index (χ0) is 16.8. The molecule has 4 heteroatoms. The number of halogens is 1. The Hall–Kier alpha value is -3.14. The van der Waals surface area contributed by atoms with Crippen molar-refractivity contribution < 1.29 is 13.9 Å². The minimum Gasteiger partial charge on any atom is -0.484 e. The van der Waals surface area contributed by atoms with Crippen molar-refractivity contribution in [3.05, 3.63) is 84.7 Å². The predicted octanol–water partition coefficient (Wildman–Crippen LogP) is 4.51. The molecular formula is C20H16FNO2. The highest BCUT2D eigenvalue weighted by atomic mass is 19.1. The van der Waals surface area contributed by atoms with Gasteiger partial charge < -0.3 is 10.1 Å². The van der Waals surface area contributed by atoms with Crippen LogP contribution in [0.5, 0.6) is 5.75 Å². The van der Waals surface area contributed by atoms with Crippen LogP contribution >= 0.6 is 0 Å². The first-order valence-corrected chi connectivity index (χ1v) is 7.55. The Morgan fingerprint density at radius 3 is 2.46 bits per heavy atom. The summed E-state index contributed by atoms with van der Waals surface area (Å²) in [5.74, 6) is -0.383. The van der Waals surface area contributed by atoms with Crippen LogP contribution in [0.2, 0.25) is 0 Å². The smallest absolute Gasteiger partial charge is 0.262 e. The lowest BCUT2D eigenvalue weighted by Gasteiger charge is -2.12. The molecule has 24 heavy (non-hydrogen) atoms. The highest BCUT2D eigenvalue weighted by Gasteiger charge is 2.09. The second-order valence-corrected chi connectivity index (χ2v) is 5.21. The summed E-state index contributed by atoms with van der Waals surface area (Å²) in [6.07, 6.45) is 0. The summed E-state index contributed by atoms with van der Waals surface area (Å²) >= 11 is 0. The molecule has 0 spiro atoms. The molecular weight excluding hydrogens is 305 g/mol. The first-order chi connectivity index (χ1) is 11.7. The summed E-state index contributed by atoms with van der Waals surface area (Å²) in [5.41, 5.74) is 2.65. The number of carbonyl (C=O) groups is 1. The van der Waals surface area contributed by atoms with Gasteiger partial charge in [0.15, 0.2) is 6.61 Å². The molecule has 0 aliphatic rings. The van der Waals surface area contributed by atoms with Crippen molar-refractivity contribution in [3.63, 3.8) is 0 Å². The number of carbonyl (C=O) groups excluding carboxylic acids is 1. The van der Waals surface area contributed by atoms with Crippen molar-refractivity contribution in [2.75, 3.05) is 11.9 Å². The van der Waals surface area contributed by atoms with Gasteiger partial charge in [-0.3, -0.25) is 4.79 Å². The lowest BCUT2D eigenvalue weighted by molar-refractivity contribution is -0.118. The number of para-hydroxylation sites is 1. The van der Waals surface area contributed by atoms with E-state index in [9.17, 15) is 9.18 Å². The van der Waals surface area contributed by atoms with E-state index in [0.717, 1.165) is 11.1 Å². The molecule has 0 atom stereocenters. The van der Waals surface area contributed by atoms with Crippen LogP contribution in [0.25, 0.3) is 11.1 Å². The minimum atomic E-state index is -0.401. The van der Waals surface area contributed by atoms with Crippen molar-refractivity contribution in [2.45, 2.75) is 0 Å². The van der Waals surface area contributed by atoms with Gasteiger partial charge in [-0.1, -0.05) is 54.6 Å². The third-order valence-corrected chi connectivity index (χ3v) is 3.45. The van der Waals surface area contributed by atoms with Gasteiger partial charge in [0.2, 0.25) is 0 Å². The SMILES string of the molecule is O=C(COc1cccc(F)c1)Nc1ccccc1-c1ccccc1. The molecule has 1 N–H and O–H groups in total. The maximum Gasteiger partial charge on any atom is 0.262 e. The standard InChI is InChI=1S/C20H16FNO2/c21-16-9-6-10-17(13-16)24-14-20(23)22-19-12-5-4-11-18(19)15-7-2-1-3-8-15/h1-13H,14H2,(H,22,23). The maximum atomic E-state index is 13.1. The molecule has 1 amide bonds. The zero-order valence-corrected chi connectivity index (χ0v) is 12.9. The molecule has 3 nitrogen and oxygen atoms in total. The minimum absolute atomic E-state index is 0.188. The molecule has 0 aromatic heterocycles. The summed E-state index contributed by atoms with van der Waals surface area (Å²) in [7, 11) is 0.